The molecule has 2 aliphatic heterocycles. The van der Waals surface area contributed by atoms with Crippen molar-refractivity contribution in [1.29, 1.82) is 0 Å². The van der Waals surface area contributed by atoms with Gasteiger partial charge in [-0.15, -0.1) is 11.3 Å². The van der Waals surface area contributed by atoms with Crippen LogP contribution in [-0.4, -0.2) is 101 Å². The molecule has 5 aliphatic rings. The average Bonchev–Trinajstić information content (AvgIpc) is 3.87. The van der Waals surface area contributed by atoms with E-state index >= 15 is 0 Å². The quantitative estimate of drug-likeness (QED) is 0.183. The SMILES string of the molecule is CC(C)Nc1nc(-c2cc(O[C@@H]3C[C@@H](C(=O)NC4(C(=O)NS(=O)(=O)C5CC5)CC4)N(C(=O)[C@@H](NC(=O)OC4CCCC4)C(C)(C)C)C3)c3ccc4c(c3n2)CCO4)cs1. The lowest BCUT2D eigenvalue weighted by Gasteiger charge is -2.35. The molecule has 3 atom stereocenters. The number of aromatic nitrogens is 2. The Morgan fingerprint density at radius 1 is 1.02 bits per heavy atom. The van der Waals surface area contributed by atoms with Crippen LogP contribution in [0.25, 0.3) is 22.3 Å². The number of ether oxygens (including phenoxy) is 3. The number of hydrogen-bond donors (Lipinski definition) is 4. The fourth-order valence-corrected chi connectivity index (χ4v) is 10.3. The molecule has 0 spiro atoms. The molecule has 3 aromatic rings. The van der Waals surface area contributed by atoms with E-state index in [1.165, 1.54) is 16.2 Å². The summed E-state index contributed by atoms with van der Waals surface area (Å²) in [5.74, 6) is -0.686. The Balaban J connectivity index is 1.10. The molecule has 318 valence electrons. The van der Waals surface area contributed by atoms with Crippen LogP contribution in [0.2, 0.25) is 0 Å². The molecular formula is C41H53N7O9S2. The van der Waals surface area contributed by atoms with E-state index in [0.29, 0.717) is 48.5 Å². The molecule has 16 nitrogen and oxygen atoms in total. The Morgan fingerprint density at radius 3 is 2.44 bits per heavy atom. The number of sulfonamides is 1. The second kappa shape index (κ2) is 15.7. The smallest absolute Gasteiger partial charge is 0.408 e. The summed E-state index contributed by atoms with van der Waals surface area (Å²) in [6.07, 6.45) is 3.94. The van der Waals surface area contributed by atoms with Crippen LogP contribution in [0, 0.1) is 5.41 Å². The summed E-state index contributed by atoms with van der Waals surface area (Å²) in [6, 6.07) is 3.58. The van der Waals surface area contributed by atoms with Gasteiger partial charge in [-0.25, -0.2) is 23.2 Å². The van der Waals surface area contributed by atoms with Crippen molar-refractivity contribution in [2.75, 3.05) is 18.5 Å². The zero-order valence-corrected chi connectivity index (χ0v) is 35.7. The number of fused-ring (bicyclic) bond motifs is 3. The Labute approximate surface area is 348 Å². The highest BCUT2D eigenvalue weighted by Crippen LogP contribution is 2.41. The number of carbonyl (C=O) groups excluding carboxylic acids is 4. The van der Waals surface area contributed by atoms with E-state index in [4.69, 9.17) is 24.2 Å². The number of alkyl carbamates (subject to hydrolysis) is 1. The Morgan fingerprint density at radius 2 is 1.76 bits per heavy atom. The lowest BCUT2D eigenvalue weighted by atomic mass is 9.85. The van der Waals surface area contributed by atoms with Gasteiger partial charge in [-0.2, -0.15) is 0 Å². The van der Waals surface area contributed by atoms with Crippen molar-refractivity contribution in [1.82, 2.24) is 30.2 Å². The number of rotatable bonds is 13. The third-order valence-electron chi connectivity index (χ3n) is 11.6. The number of nitrogens with zero attached hydrogens (tertiary/aromatic N) is 3. The van der Waals surface area contributed by atoms with Crippen LogP contribution in [0.15, 0.2) is 23.6 Å². The van der Waals surface area contributed by atoms with Crippen LogP contribution >= 0.6 is 11.3 Å². The Hall–Kier alpha value is -4.71. The molecule has 4 amide bonds. The van der Waals surface area contributed by atoms with Gasteiger partial charge in [-0.3, -0.25) is 19.1 Å². The van der Waals surface area contributed by atoms with E-state index in [1.807, 2.05) is 58.2 Å². The Kier molecular flexibility index (Phi) is 10.9. The van der Waals surface area contributed by atoms with Crippen LogP contribution in [-0.2, 0) is 35.6 Å². The van der Waals surface area contributed by atoms with E-state index in [1.54, 1.807) is 0 Å². The van der Waals surface area contributed by atoms with Gasteiger partial charge in [0, 0.05) is 41.3 Å². The van der Waals surface area contributed by atoms with Crippen LogP contribution in [0.4, 0.5) is 9.93 Å². The molecule has 4 N–H and O–H groups in total. The minimum Gasteiger partial charge on any atom is -0.493 e. The fourth-order valence-electron chi connectivity index (χ4n) is 8.09. The topological polar surface area (TPSA) is 207 Å². The normalized spacial score (nSPS) is 21.8. The highest BCUT2D eigenvalue weighted by atomic mass is 32.2. The number of benzene rings is 1. The number of anilines is 1. The minimum atomic E-state index is -3.86. The first-order valence-electron chi connectivity index (χ1n) is 20.6. The zero-order chi connectivity index (χ0) is 41.9. The summed E-state index contributed by atoms with van der Waals surface area (Å²) in [5.41, 5.74) is 0.680. The van der Waals surface area contributed by atoms with Gasteiger partial charge in [0.15, 0.2) is 5.13 Å². The van der Waals surface area contributed by atoms with E-state index in [9.17, 15) is 27.6 Å². The first-order chi connectivity index (χ1) is 28.0. The molecule has 0 unspecified atom stereocenters. The lowest BCUT2D eigenvalue weighted by Crippen LogP contribution is -2.60. The predicted octanol–water partition coefficient (Wildman–Crippen LogP) is 4.80. The largest absolute Gasteiger partial charge is 0.493 e. The second-order valence-corrected chi connectivity index (χ2v) is 20.7. The third-order valence-corrected chi connectivity index (χ3v) is 14.2. The van der Waals surface area contributed by atoms with Crippen molar-refractivity contribution >= 4 is 61.2 Å². The molecule has 1 saturated heterocycles. The van der Waals surface area contributed by atoms with Crippen molar-refractivity contribution in [3.05, 3.63) is 29.1 Å². The van der Waals surface area contributed by atoms with E-state index < -0.39 is 68.2 Å². The molecule has 0 bridgehead atoms. The number of hydrogen-bond acceptors (Lipinski definition) is 13. The maximum absolute atomic E-state index is 14.7. The van der Waals surface area contributed by atoms with Gasteiger partial charge >= 0.3 is 6.09 Å². The van der Waals surface area contributed by atoms with Crippen LogP contribution < -0.4 is 30.1 Å². The summed E-state index contributed by atoms with van der Waals surface area (Å²) in [4.78, 5) is 66.9. The number of nitrogens with one attached hydrogen (secondary N) is 4. The molecule has 1 aromatic carbocycles. The maximum atomic E-state index is 14.7. The molecular weight excluding hydrogens is 799 g/mol. The molecule has 3 aliphatic carbocycles. The second-order valence-electron chi connectivity index (χ2n) is 17.9. The number of thiazole rings is 1. The van der Waals surface area contributed by atoms with Crippen molar-refractivity contribution in [3.63, 3.8) is 0 Å². The van der Waals surface area contributed by atoms with Crippen LogP contribution in [0.1, 0.15) is 98.0 Å². The van der Waals surface area contributed by atoms with Crippen molar-refractivity contribution in [2.24, 2.45) is 5.41 Å². The number of carbonyl (C=O) groups is 4. The number of likely N-dealkylation sites (tertiary alicyclic amines) is 1. The first-order valence-corrected chi connectivity index (χ1v) is 23.1. The van der Waals surface area contributed by atoms with Gasteiger partial charge < -0.3 is 35.1 Å². The molecule has 18 heteroatoms. The van der Waals surface area contributed by atoms with E-state index in [2.05, 4.69) is 20.7 Å². The monoisotopic (exact) mass is 851 g/mol. The van der Waals surface area contributed by atoms with Gasteiger partial charge in [0.05, 0.1) is 29.6 Å². The predicted molar refractivity (Wildman–Crippen MR) is 221 cm³/mol. The minimum absolute atomic E-state index is 0.0233. The van der Waals surface area contributed by atoms with E-state index in [-0.39, 0.29) is 38.0 Å². The van der Waals surface area contributed by atoms with Crippen LogP contribution in [0.3, 0.4) is 0 Å². The van der Waals surface area contributed by atoms with Gasteiger partial charge in [0.1, 0.15) is 47.0 Å². The average molecular weight is 852 g/mol. The van der Waals surface area contributed by atoms with Crippen molar-refractivity contribution in [2.45, 2.75) is 140 Å². The van der Waals surface area contributed by atoms with Crippen molar-refractivity contribution < 1.29 is 41.8 Å². The highest BCUT2D eigenvalue weighted by molar-refractivity contribution is 7.91. The molecule has 0 radical (unpaired) electrons. The van der Waals surface area contributed by atoms with E-state index in [0.717, 1.165) is 47.5 Å². The standard InChI is InChI=1S/C41H53N7O9S2/c1-22(2)42-38-44-29(21-58-38)28-19-32(26-12-13-31-27(14-17-55-31)33(26)43-28)56-24-18-30(35(49)46-41(15-16-41)37(51)47-59(53,54)25-10-11-25)48(20-24)36(50)34(40(3,4)5)45-39(52)57-23-8-6-7-9-23/h12-13,19,21-25,30,34H,6-11,14-18,20H2,1-5H3,(H,42,44)(H,45,52)(H,46,49)(H,47,51)/t24-,30+,34-/m1/s1. The van der Waals surface area contributed by atoms with Crippen LogP contribution in [0.5, 0.6) is 11.5 Å². The van der Waals surface area contributed by atoms with Crippen molar-refractivity contribution in [3.8, 4) is 22.9 Å². The lowest BCUT2D eigenvalue weighted by molar-refractivity contribution is -0.142. The summed E-state index contributed by atoms with van der Waals surface area (Å²) in [5, 5.41) is 11.8. The molecule has 59 heavy (non-hydrogen) atoms. The number of amides is 4. The highest BCUT2D eigenvalue weighted by Gasteiger charge is 2.55. The summed E-state index contributed by atoms with van der Waals surface area (Å²) in [7, 11) is -3.86. The Bertz CT molecular complexity index is 2260. The first kappa shape index (κ1) is 41.0. The van der Waals surface area contributed by atoms with Gasteiger partial charge in [0.2, 0.25) is 21.8 Å². The molecule has 3 saturated carbocycles. The zero-order valence-electron chi connectivity index (χ0n) is 34.1. The summed E-state index contributed by atoms with van der Waals surface area (Å²) in [6.45, 7) is 10.0. The van der Waals surface area contributed by atoms with Gasteiger partial charge in [-0.05, 0) is 82.8 Å². The summed E-state index contributed by atoms with van der Waals surface area (Å²) >= 11 is 1.47. The molecule has 4 heterocycles. The molecule has 8 rings (SSSR count). The third kappa shape index (κ3) is 8.79. The van der Waals surface area contributed by atoms with Gasteiger partial charge in [0.25, 0.3) is 5.91 Å². The molecule has 4 fully saturated rings. The number of pyridine rings is 1. The fraction of sp³-hybridized carbons (Fsp3) is 0.610. The maximum Gasteiger partial charge on any atom is 0.408 e. The summed E-state index contributed by atoms with van der Waals surface area (Å²) < 4.78 is 45.9. The molecule has 2 aromatic heterocycles. The van der Waals surface area contributed by atoms with Gasteiger partial charge in [-0.1, -0.05) is 20.8 Å².